The Kier molecular flexibility index (Phi) is 3.69. The number of carbonyl (C=O) groups is 1. The largest absolute Gasteiger partial charge is 0.475 e. The molecule has 0 radical (unpaired) electrons. The van der Waals surface area contributed by atoms with Gasteiger partial charge in [-0.2, -0.15) is 0 Å². The zero-order valence-corrected chi connectivity index (χ0v) is 12.3. The van der Waals surface area contributed by atoms with Gasteiger partial charge in [0, 0.05) is 15.4 Å². The van der Waals surface area contributed by atoms with Crippen LogP contribution in [0.2, 0.25) is 5.02 Å². The molecular formula is C13H12BrClO3. The van der Waals surface area contributed by atoms with Gasteiger partial charge in [-0.1, -0.05) is 41.4 Å². The Morgan fingerprint density at radius 3 is 2.72 bits per heavy atom. The van der Waals surface area contributed by atoms with Crippen molar-refractivity contribution >= 4 is 44.5 Å². The number of halogens is 2. The third kappa shape index (κ3) is 2.27. The molecule has 0 aliphatic heterocycles. The maximum absolute atomic E-state index is 11.2. The van der Waals surface area contributed by atoms with Gasteiger partial charge in [-0.25, -0.2) is 4.79 Å². The molecule has 0 atom stereocenters. The van der Waals surface area contributed by atoms with Crippen LogP contribution >= 0.6 is 27.5 Å². The van der Waals surface area contributed by atoms with Gasteiger partial charge in [-0.3, -0.25) is 0 Å². The fourth-order valence-corrected chi connectivity index (χ4v) is 2.71. The molecule has 1 N–H and O–H groups in total. The maximum atomic E-state index is 11.2. The molecule has 0 bridgehead atoms. The molecule has 0 amide bonds. The molecule has 2 rings (SSSR count). The minimum Gasteiger partial charge on any atom is -0.475 e. The van der Waals surface area contributed by atoms with Crippen molar-refractivity contribution in [1.29, 1.82) is 0 Å². The Bertz CT molecular complexity index is 616. The molecule has 96 valence electrons. The molecule has 1 aromatic carbocycles. The van der Waals surface area contributed by atoms with Crippen LogP contribution in [-0.2, 0) is 6.42 Å². The molecule has 0 aliphatic rings. The maximum Gasteiger partial charge on any atom is 0.372 e. The summed E-state index contributed by atoms with van der Waals surface area (Å²) in [4.78, 5) is 11.2. The van der Waals surface area contributed by atoms with Crippen LogP contribution in [0.3, 0.4) is 0 Å². The summed E-state index contributed by atoms with van der Waals surface area (Å²) in [6.45, 7) is 4.06. The summed E-state index contributed by atoms with van der Waals surface area (Å²) < 4.78 is 6.21. The molecule has 0 aliphatic carbocycles. The van der Waals surface area contributed by atoms with Crippen molar-refractivity contribution in [2.45, 2.75) is 20.3 Å². The van der Waals surface area contributed by atoms with Gasteiger partial charge in [0.15, 0.2) is 5.58 Å². The molecule has 1 aromatic heterocycles. The van der Waals surface area contributed by atoms with Crippen molar-refractivity contribution in [1.82, 2.24) is 0 Å². The van der Waals surface area contributed by atoms with Crippen molar-refractivity contribution in [2.24, 2.45) is 5.92 Å². The van der Waals surface area contributed by atoms with Crippen LogP contribution in [-0.4, -0.2) is 11.1 Å². The highest BCUT2D eigenvalue weighted by molar-refractivity contribution is 9.10. The second kappa shape index (κ2) is 4.94. The average molecular weight is 332 g/mol. The highest BCUT2D eigenvalue weighted by atomic mass is 79.9. The summed E-state index contributed by atoms with van der Waals surface area (Å²) in [5.41, 5.74) is 1.13. The van der Waals surface area contributed by atoms with E-state index in [0.29, 0.717) is 28.5 Å². The van der Waals surface area contributed by atoms with Crippen LogP contribution in [0.5, 0.6) is 0 Å². The molecule has 5 heteroatoms. The zero-order chi connectivity index (χ0) is 13.4. The minimum absolute atomic E-state index is 0.0208. The third-order valence-corrected chi connectivity index (χ3v) is 3.60. The first-order valence-electron chi connectivity index (χ1n) is 5.54. The lowest BCUT2D eigenvalue weighted by Gasteiger charge is -2.04. The third-order valence-electron chi connectivity index (χ3n) is 2.65. The molecule has 0 unspecified atom stereocenters. The van der Waals surface area contributed by atoms with Crippen LogP contribution in [0, 0.1) is 5.92 Å². The van der Waals surface area contributed by atoms with Crippen molar-refractivity contribution in [3.05, 3.63) is 33.0 Å². The topological polar surface area (TPSA) is 50.4 Å². The van der Waals surface area contributed by atoms with Gasteiger partial charge in [0.1, 0.15) is 0 Å². The standard InChI is InChI=1S/C13H12BrClO3/c1-6(2)5-7-10-8(14)3-4-9(15)12(10)18-11(7)13(16)17/h3-4,6H,5H2,1-2H3,(H,16,17). The molecule has 0 fully saturated rings. The van der Waals surface area contributed by atoms with E-state index in [1.807, 2.05) is 13.8 Å². The number of fused-ring (bicyclic) bond motifs is 1. The highest BCUT2D eigenvalue weighted by Crippen LogP contribution is 2.37. The summed E-state index contributed by atoms with van der Waals surface area (Å²) >= 11 is 9.47. The van der Waals surface area contributed by atoms with Crippen LogP contribution in [0.15, 0.2) is 21.0 Å². The molecule has 3 nitrogen and oxygen atoms in total. The number of furan rings is 1. The van der Waals surface area contributed by atoms with E-state index in [0.717, 1.165) is 9.86 Å². The van der Waals surface area contributed by atoms with Gasteiger partial charge in [-0.05, 0) is 24.5 Å². The number of aromatic carboxylic acids is 1. The number of carboxylic acids is 1. The van der Waals surface area contributed by atoms with Gasteiger partial charge in [0.2, 0.25) is 5.76 Å². The lowest BCUT2D eigenvalue weighted by atomic mass is 10.00. The van der Waals surface area contributed by atoms with E-state index >= 15 is 0 Å². The van der Waals surface area contributed by atoms with E-state index in [-0.39, 0.29) is 5.76 Å². The average Bonchev–Trinajstić information content (AvgIpc) is 2.63. The van der Waals surface area contributed by atoms with Crippen LogP contribution in [0.4, 0.5) is 0 Å². The molecule has 2 aromatic rings. The number of rotatable bonds is 3. The minimum atomic E-state index is -1.06. The van der Waals surface area contributed by atoms with Gasteiger partial charge < -0.3 is 9.52 Å². The predicted octanol–water partition coefficient (Wildman–Crippen LogP) is 4.75. The van der Waals surface area contributed by atoms with Crippen molar-refractivity contribution in [3.63, 3.8) is 0 Å². The zero-order valence-electron chi connectivity index (χ0n) is 9.96. The first-order chi connectivity index (χ1) is 8.41. The molecular weight excluding hydrogens is 319 g/mol. The summed E-state index contributed by atoms with van der Waals surface area (Å²) in [7, 11) is 0. The van der Waals surface area contributed by atoms with E-state index in [4.69, 9.17) is 16.0 Å². The number of benzene rings is 1. The van der Waals surface area contributed by atoms with Crippen molar-refractivity contribution in [3.8, 4) is 0 Å². The van der Waals surface area contributed by atoms with Crippen molar-refractivity contribution in [2.75, 3.05) is 0 Å². The molecule has 0 saturated carbocycles. The molecule has 0 spiro atoms. The lowest BCUT2D eigenvalue weighted by Crippen LogP contribution is -2.02. The Labute approximate surface area is 118 Å². The van der Waals surface area contributed by atoms with Crippen LogP contribution in [0.1, 0.15) is 30.0 Å². The summed E-state index contributed by atoms with van der Waals surface area (Å²) in [6.07, 6.45) is 0.633. The van der Waals surface area contributed by atoms with Crippen molar-refractivity contribution < 1.29 is 14.3 Å². The quantitative estimate of drug-likeness (QED) is 0.883. The van der Waals surface area contributed by atoms with E-state index in [1.54, 1.807) is 12.1 Å². The smallest absolute Gasteiger partial charge is 0.372 e. The van der Waals surface area contributed by atoms with Gasteiger partial charge in [-0.15, -0.1) is 0 Å². The fraction of sp³-hybridized carbons (Fsp3) is 0.308. The van der Waals surface area contributed by atoms with E-state index in [1.165, 1.54) is 0 Å². The Morgan fingerprint density at radius 1 is 1.50 bits per heavy atom. The number of hydrogen-bond acceptors (Lipinski definition) is 2. The normalized spacial score (nSPS) is 11.4. The number of carboxylic acid groups (broad SMARTS) is 1. The van der Waals surface area contributed by atoms with E-state index in [2.05, 4.69) is 15.9 Å². The van der Waals surface area contributed by atoms with E-state index in [9.17, 15) is 9.90 Å². The second-order valence-electron chi connectivity index (χ2n) is 4.55. The first kappa shape index (κ1) is 13.4. The SMILES string of the molecule is CC(C)Cc1c(C(=O)O)oc2c(Cl)ccc(Br)c12. The Hall–Kier alpha value is -1.000. The molecule has 1 heterocycles. The first-order valence-corrected chi connectivity index (χ1v) is 6.71. The van der Waals surface area contributed by atoms with Crippen LogP contribution in [0.25, 0.3) is 11.0 Å². The van der Waals surface area contributed by atoms with Gasteiger partial charge >= 0.3 is 5.97 Å². The Morgan fingerprint density at radius 2 is 2.17 bits per heavy atom. The van der Waals surface area contributed by atoms with Crippen LogP contribution < -0.4 is 0 Å². The number of hydrogen-bond donors (Lipinski definition) is 1. The lowest BCUT2D eigenvalue weighted by molar-refractivity contribution is 0.0663. The summed E-state index contributed by atoms with van der Waals surface area (Å²) in [5.74, 6) is -0.757. The molecule has 18 heavy (non-hydrogen) atoms. The van der Waals surface area contributed by atoms with Gasteiger partial charge in [0.25, 0.3) is 0 Å². The summed E-state index contributed by atoms with van der Waals surface area (Å²) in [6, 6.07) is 3.48. The molecule has 0 saturated heterocycles. The monoisotopic (exact) mass is 330 g/mol. The summed E-state index contributed by atoms with van der Waals surface area (Å²) in [5, 5.41) is 10.4. The highest BCUT2D eigenvalue weighted by Gasteiger charge is 2.23. The van der Waals surface area contributed by atoms with E-state index < -0.39 is 5.97 Å². The Balaban J connectivity index is 2.80. The second-order valence-corrected chi connectivity index (χ2v) is 5.81. The fourth-order valence-electron chi connectivity index (χ4n) is 1.97. The predicted molar refractivity (Wildman–Crippen MR) is 74.4 cm³/mol. The van der Waals surface area contributed by atoms with Gasteiger partial charge in [0.05, 0.1) is 5.02 Å².